The van der Waals surface area contributed by atoms with Gasteiger partial charge in [0.2, 0.25) is 0 Å². The molecular formula is C20H21N3O4S. The summed E-state index contributed by atoms with van der Waals surface area (Å²) in [5, 5.41) is 18.5. The number of aromatic nitrogens is 3. The first-order valence-corrected chi connectivity index (χ1v) is 9.66. The SMILES string of the molecule is COc1ccc(Cc2nnc(SCCOc3ccccc3C(=O)O)n2C)cc1. The van der Waals surface area contributed by atoms with Crippen LogP contribution in [0.25, 0.3) is 0 Å². The third kappa shape index (κ3) is 4.83. The molecule has 1 aromatic heterocycles. The molecule has 7 nitrogen and oxygen atoms in total. The molecule has 0 spiro atoms. The minimum absolute atomic E-state index is 0.160. The monoisotopic (exact) mass is 399 g/mol. The van der Waals surface area contributed by atoms with Crippen LogP contribution in [0.4, 0.5) is 0 Å². The van der Waals surface area contributed by atoms with E-state index in [4.69, 9.17) is 9.47 Å². The van der Waals surface area contributed by atoms with Gasteiger partial charge in [0, 0.05) is 19.2 Å². The molecular weight excluding hydrogens is 378 g/mol. The Morgan fingerprint density at radius 2 is 1.89 bits per heavy atom. The molecule has 3 rings (SSSR count). The van der Waals surface area contributed by atoms with Crippen molar-refractivity contribution in [1.29, 1.82) is 0 Å². The second-order valence-corrected chi connectivity index (χ2v) is 7.04. The molecule has 0 aliphatic carbocycles. The standard InChI is InChI=1S/C20H21N3O4S/c1-23-18(13-14-7-9-15(26-2)10-8-14)21-22-20(23)28-12-11-27-17-6-4-3-5-16(17)19(24)25/h3-10H,11-13H2,1-2H3,(H,24,25). The highest BCUT2D eigenvalue weighted by atomic mass is 32.2. The van der Waals surface area contributed by atoms with Gasteiger partial charge in [-0.15, -0.1) is 10.2 Å². The maximum absolute atomic E-state index is 11.2. The summed E-state index contributed by atoms with van der Waals surface area (Å²) < 4.78 is 12.7. The van der Waals surface area contributed by atoms with Crippen LogP contribution in [0.3, 0.4) is 0 Å². The zero-order valence-electron chi connectivity index (χ0n) is 15.7. The Morgan fingerprint density at radius 3 is 2.61 bits per heavy atom. The van der Waals surface area contributed by atoms with Gasteiger partial charge in [-0.05, 0) is 29.8 Å². The highest BCUT2D eigenvalue weighted by molar-refractivity contribution is 7.99. The fraction of sp³-hybridized carbons (Fsp3) is 0.250. The van der Waals surface area contributed by atoms with E-state index in [9.17, 15) is 9.90 Å². The molecule has 1 N–H and O–H groups in total. The lowest BCUT2D eigenvalue weighted by Gasteiger charge is -2.08. The zero-order chi connectivity index (χ0) is 19.9. The summed E-state index contributed by atoms with van der Waals surface area (Å²) in [4.78, 5) is 11.2. The molecule has 0 aliphatic heterocycles. The van der Waals surface area contributed by atoms with E-state index in [1.54, 1.807) is 25.3 Å². The second kappa shape index (κ2) is 9.27. The van der Waals surface area contributed by atoms with Crippen LogP contribution in [0.1, 0.15) is 21.7 Å². The number of hydrogen-bond donors (Lipinski definition) is 1. The summed E-state index contributed by atoms with van der Waals surface area (Å²) in [7, 11) is 3.58. The maximum Gasteiger partial charge on any atom is 0.339 e. The number of carboxylic acid groups (broad SMARTS) is 1. The molecule has 0 atom stereocenters. The van der Waals surface area contributed by atoms with E-state index in [0.717, 1.165) is 22.3 Å². The molecule has 0 amide bonds. The van der Waals surface area contributed by atoms with Crippen LogP contribution >= 0.6 is 11.8 Å². The molecule has 3 aromatic rings. The topological polar surface area (TPSA) is 86.5 Å². The number of carboxylic acids is 1. The largest absolute Gasteiger partial charge is 0.497 e. The molecule has 0 saturated carbocycles. The number of rotatable bonds is 9. The fourth-order valence-corrected chi connectivity index (χ4v) is 3.35. The Kier molecular flexibility index (Phi) is 6.54. The van der Waals surface area contributed by atoms with Crippen LogP contribution in [0.15, 0.2) is 53.7 Å². The van der Waals surface area contributed by atoms with E-state index in [2.05, 4.69) is 10.2 Å². The molecule has 2 aromatic carbocycles. The van der Waals surface area contributed by atoms with Gasteiger partial charge in [0.25, 0.3) is 0 Å². The maximum atomic E-state index is 11.2. The summed E-state index contributed by atoms with van der Waals surface area (Å²) >= 11 is 1.51. The molecule has 28 heavy (non-hydrogen) atoms. The molecule has 0 bridgehead atoms. The lowest BCUT2D eigenvalue weighted by atomic mass is 10.1. The van der Waals surface area contributed by atoms with Crippen molar-refractivity contribution < 1.29 is 19.4 Å². The number of para-hydroxylation sites is 1. The number of nitrogens with zero attached hydrogens (tertiary/aromatic N) is 3. The Labute approximate surface area is 167 Å². The molecule has 8 heteroatoms. The van der Waals surface area contributed by atoms with E-state index < -0.39 is 5.97 Å². The number of thioether (sulfide) groups is 1. The van der Waals surface area contributed by atoms with Crippen molar-refractivity contribution >= 4 is 17.7 Å². The van der Waals surface area contributed by atoms with Crippen LogP contribution in [-0.2, 0) is 13.5 Å². The molecule has 0 radical (unpaired) electrons. The molecule has 0 fully saturated rings. The second-order valence-electron chi connectivity index (χ2n) is 5.98. The summed E-state index contributed by atoms with van der Waals surface area (Å²) in [5.74, 6) is 1.68. The smallest absolute Gasteiger partial charge is 0.339 e. The van der Waals surface area contributed by atoms with Crippen molar-refractivity contribution in [1.82, 2.24) is 14.8 Å². The number of carbonyl (C=O) groups is 1. The van der Waals surface area contributed by atoms with Crippen molar-refractivity contribution in [2.75, 3.05) is 19.5 Å². The van der Waals surface area contributed by atoms with Gasteiger partial charge in [-0.1, -0.05) is 36.0 Å². The highest BCUT2D eigenvalue weighted by Crippen LogP contribution is 2.21. The van der Waals surface area contributed by atoms with E-state index in [0.29, 0.717) is 24.5 Å². The van der Waals surface area contributed by atoms with E-state index >= 15 is 0 Å². The van der Waals surface area contributed by atoms with Gasteiger partial charge in [-0.25, -0.2) is 4.79 Å². The third-order valence-electron chi connectivity index (χ3n) is 4.14. The first-order chi connectivity index (χ1) is 13.6. The van der Waals surface area contributed by atoms with Gasteiger partial charge < -0.3 is 19.1 Å². The minimum Gasteiger partial charge on any atom is -0.497 e. The molecule has 0 saturated heterocycles. The van der Waals surface area contributed by atoms with Crippen LogP contribution < -0.4 is 9.47 Å². The summed E-state index contributed by atoms with van der Waals surface area (Å²) in [6.07, 6.45) is 0.677. The first kappa shape index (κ1) is 19.8. The van der Waals surface area contributed by atoms with Gasteiger partial charge in [0.05, 0.1) is 13.7 Å². The predicted octanol–water partition coefficient (Wildman–Crippen LogP) is 3.28. The number of methoxy groups -OCH3 is 1. The van der Waals surface area contributed by atoms with Crippen molar-refractivity contribution in [3.63, 3.8) is 0 Å². The molecule has 0 unspecified atom stereocenters. The molecule has 0 aliphatic rings. The Morgan fingerprint density at radius 1 is 1.14 bits per heavy atom. The van der Waals surface area contributed by atoms with Gasteiger partial charge in [0.15, 0.2) is 5.16 Å². The van der Waals surface area contributed by atoms with Crippen LogP contribution in [0.5, 0.6) is 11.5 Å². The Bertz CT molecular complexity index is 941. The molecule has 1 heterocycles. The van der Waals surface area contributed by atoms with Crippen LogP contribution in [0.2, 0.25) is 0 Å². The average Bonchev–Trinajstić information content (AvgIpc) is 3.05. The lowest BCUT2D eigenvalue weighted by molar-refractivity contribution is 0.0692. The van der Waals surface area contributed by atoms with Crippen molar-refractivity contribution in [2.24, 2.45) is 7.05 Å². The van der Waals surface area contributed by atoms with Crippen LogP contribution in [-0.4, -0.2) is 45.3 Å². The highest BCUT2D eigenvalue weighted by Gasteiger charge is 2.12. The van der Waals surface area contributed by atoms with Crippen LogP contribution in [0, 0.1) is 0 Å². The minimum atomic E-state index is -1.00. The van der Waals surface area contributed by atoms with Crippen molar-refractivity contribution in [2.45, 2.75) is 11.6 Å². The van der Waals surface area contributed by atoms with Crippen molar-refractivity contribution in [3.05, 3.63) is 65.5 Å². The Hall–Kier alpha value is -3.00. The summed E-state index contributed by atoms with van der Waals surface area (Å²) in [6.45, 7) is 0.371. The van der Waals surface area contributed by atoms with Crippen molar-refractivity contribution in [3.8, 4) is 11.5 Å². The number of aromatic carboxylic acids is 1. The van der Waals surface area contributed by atoms with E-state index in [-0.39, 0.29) is 5.56 Å². The number of benzene rings is 2. The number of hydrogen-bond acceptors (Lipinski definition) is 6. The third-order valence-corrected chi connectivity index (χ3v) is 5.12. The fourth-order valence-electron chi connectivity index (χ4n) is 2.60. The molecule has 146 valence electrons. The van der Waals surface area contributed by atoms with Gasteiger partial charge in [-0.2, -0.15) is 0 Å². The number of ether oxygens (including phenoxy) is 2. The first-order valence-electron chi connectivity index (χ1n) is 8.67. The zero-order valence-corrected chi connectivity index (χ0v) is 16.5. The Balaban J connectivity index is 1.54. The van der Waals surface area contributed by atoms with E-state index in [1.807, 2.05) is 35.9 Å². The predicted molar refractivity (Wildman–Crippen MR) is 106 cm³/mol. The summed E-state index contributed by atoms with van der Waals surface area (Å²) in [5.41, 5.74) is 1.29. The summed E-state index contributed by atoms with van der Waals surface area (Å²) in [6, 6.07) is 14.5. The quantitative estimate of drug-likeness (QED) is 0.436. The lowest BCUT2D eigenvalue weighted by Crippen LogP contribution is -2.06. The van der Waals surface area contributed by atoms with Gasteiger partial charge >= 0.3 is 5.97 Å². The average molecular weight is 399 g/mol. The van der Waals surface area contributed by atoms with E-state index in [1.165, 1.54) is 17.8 Å². The normalized spacial score (nSPS) is 10.6. The van der Waals surface area contributed by atoms with Gasteiger partial charge in [0.1, 0.15) is 22.9 Å². The van der Waals surface area contributed by atoms with Gasteiger partial charge in [-0.3, -0.25) is 0 Å².